The van der Waals surface area contributed by atoms with Gasteiger partial charge in [-0.25, -0.2) is 9.59 Å². The van der Waals surface area contributed by atoms with Crippen LogP contribution in [0.25, 0.3) is 0 Å². The van der Waals surface area contributed by atoms with E-state index < -0.39 is 24.3 Å². The Kier molecular flexibility index (Phi) is 13.6. The first-order valence-corrected chi connectivity index (χ1v) is 12.5. The molecule has 0 aromatic heterocycles. The van der Waals surface area contributed by atoms with Crippen molar-refractivity contribution in [3.05, 3.63) is 42.5 Å². The van der Waals surface area contributed by atoms with Gasteiger partial charge in [0.25, 0.3) is 0 Å². The van der Waals surface area contributed by atoms with E-state index in [2.05, 4.69) is 28.5 Å². The zero-order valence-electron chi connectivity index (χ0n) is 22.6. The quantitative estimate of drug-likeness (QED) is 0.270. The summed E-state index contributed by atoms with van der Waals surface area (Å²) in [6.07, 6.45) is -6.31. The van der Waals surface area contributed by atoms with Crippen LogP contribution in [0.15, 0.2) is 36.9 Å². The summed E-state index contributed by atoms with van der Waals surface area (Å²) in [4.78, 5) is 35.6. The number of carboxylic acid groups (broad SMARTS) is 2. The topological polar surface area (TPSA) is 117 Å². The molecule has 9 nitrogen and oxygen atoms in total. The van der Waals surface area contributed by atoms with Gasteiger partial charge in [0, 0.05) is 38.6 Å². The molecule has 2 aliphatic rings. The Balaban J connectivity index is 0.000000497. The van der Waals surface area contributed by atoms with Crippen molar-refractivity contribution in [2.45, 2.75) is 38.7 Å². The van der Waals surface area contributed by atoms with Crippen LogP contribution in [0, 0.1) is 11.3 Å². The smallest absolute Gasteiger partial charge is 0.490 e. The molecule has 1 aromatic rings. The van der Waals surface area contributed by atoms with Crippen molar-refractivity contribution in [3.63, 3.8) is 0 Å². The van der Waals surface area contributed by atoms with Crippen molar-refractivity contribution in [2.75, 3.05) is 46.4 Å². The second kappa shape index (κ2) is 15.6. The van der Waals surface area contributed by atoms with Crippen LogP contribution in [0.1, 0.15) is 25.3 Å². The second-order valence-electron chi connectivity index (χ2n) is 9.35. The van der Waals surface area contributed by atoms with Gasteiger partial charge in [0.1, 0.15) is 5.75 Å². The average Bonchev–Trinajstić information content (AvgIpc) is 3.12. The van der Waals surface area contributed by atoms with Crippen molar-refractivity contribution < 1.29 is 60.4 Å². The van der Waals surface area contributed by atoms with Gasteiger partial charge in [-0.3, -0.25) is 14.6 Å². The number of methoxy groups -OCH3 is 1. The van der Waals surface area contributed by atoms with Crippen LogP contribution >= 0.6 is 0 Å². The van der Waals surface area contributed by atoms with E-state index in [9.17, 15) is 31.1 Å². The first-order valence-electron chi connectivity index (χ1n) is 12.5. The van der Waals surface area contributed by atoms with Crippen molar-refractivity contribution in [2.24, 2.45) is 11.3 Å². The summed E-state index contributed by atoms with van der Waals surface area (Å²) in [6, 6.07) is 8.27. The lowest BCUT2D eigenvalue weighted by Gasteiger charge is -2.31. The molecular formula is C26H34F6N2O7. The highest BCUT2D eigenvalue weighted by atomic mass is 19.4. The van der Waals surface area contributed by atoms with E-state index in [-0.39, 0.29) is 11.4 Å². The average molecular weight is 601 g/mol. The van der Waals surface area contributed by atoms with Crippen LogP contribution in [0.5, 0.6) is 5.75 Å². The third-order valence-electron chi connectivity index (χ3n) is 6.46. The molecule has 0 saturated carbocycles. The molecule has 41 heavy (non-hydrogen) atoms. The highest BCUT2D eigenvalue weighted by Crippen LogP contribution is 2.44. The van der Waals surface area contributed by atoms with Gasteiger partial charge >= 0.3 is 30.3 Å². The summed E-state index contributed by atoms with van der Waals surface area (Å²) in [7, 11) is 1.69. The van der Waals surface area contributed by atoms with E-state index in [1.54, 1.807) is 7.11 Å². The van der Waals surface area contributed by atoms with E-state index in [0.717, 1.165) is 57.9 Å². The molecule has 1 aromatic carbocycles. The highest BCUT2D eigenvalue weighted by Gasteiger charge is 2.53. The highest BCUT2D eigenvalue weighted by molar-refractivity contribution is 5.78. The van der Waals surface area contributed by atoms with Gasteiger partial charge in [-0.2, -0.15) is 26.3 Å². The van der Waals surface area contributed by atoms with Crippen LogP contribution in [0.3, 0.4) is 0 Å². The van der Waals surface area contributed by atoms with Gasteiger partial charge in [0.2, 0.25) is 0 Å². The number of likely N-dealkylation sites (tertiary alicyclic amines) is 2. The Morgan fingerprint density at radius 2 is 1.54 bits per heavy atom. The van der Waals surface area contributed by atoms with E-state index >= 15 is 0 Å². The molecule has 15 heteroatoms. The Bertz CT molecular complexity index is 993. The fourth-order valence-electron chi connectivity index (χ4n) is 4.68. The van der Waals surface area contributed by atoms with Gasteiger partial charge in [-0.05, 0) is 44.0 Å². The zero-order valence-corrected chi connectivity index (χ0v) is 22.6. The lowest BCUT2D eigenvalue weighted by Crippen LogP contribution is -2.42. The fraction of sp³-hybridized carbons (Fsp3) is 0.577. The molecule has 2 heterocycles. The molecule has 232 valence electrons. The van der Waals surface area contributed by atoms with Crippen LogP contribution in [0.2, 0.25) is 0 Å². The number of hydrogen-bond acceptors (Lipinski definition) is 7. The number of ether oxygens (including phenoxy) is 2. The van der Waals surface area contributed by atoms with Crippen LogP contribution in [-0.2, 0) is 25.7 Å². The Morgan fingerprint density at radius 3 is 1.98 bits per heavy atom. The number of carbonyl (C=O) groups is 3. The van der Waals surface area contributed by atoms with E-state index in [0.29, 0.717) is 12.5 Å². The normalized spacial score (nSPS) is 21.1. The number of hydrogen-bond donors (Lipinski definition) is 2. The molecule has 2 N–H and O–H groups in total. The van der Waals surface area contributed by atoms with E-state index in [1.807, 2.05) is 25.1 Å². The predicted octanol–water partition coefficient (Wildman–Crippen LogP) is 4.22. The standard InChI is InChI=1S/C22H32N2O3.2C2HF3O2/c1-4-12-24-16-19-15-23(14-18-7-9-20(26-3)10-8-18)13-6-11-22(19,17-24)21(25)27-5-2;2*3-2(4,5)1(6)7/h4,7-10,19H,1,5-6,11-17H2,2-3H3;2*(H,6,7)/t19-,22-;;/m0../s1. The van der Waals surface area contributed by atoms with Gasteiger partial charge < -0.3 is 19.7 Å². The number of fused-ring (bicyclic) bond motifs is 1. The molecule has 2 fully saturated rings. The minimum Gasteiger partial charge on any atom is -0.497 e. The maximum absolute atomic E-state index is 12.9. The number of nitrogens with zero attached hydrogens (tertiary/aromatic N) is 2. The molecular weight excluding hydrogens is 566 g/mol. The van der Waals surface area contributed by atoms with Crippen LogP contribution < -0.4 is 4.74 Å². The predicted molar refractivity (Wildman–Crippen MR) is 134 cm³/mol. The van der Waals surface area contributed by atoms with Gasteiger partial charge in [-0.1, -0.05) is 18.2 Å². The number of alkyl halides is 6. The maximum atomic E-state index is 12.9. The molecule has 2 atom stereocenters. The minimum atomic E-state index is -5.08. The fourth-order valence-corrected chi connectivity index (χ4v) is 4.68. The number of rotatable bonds is 7. The van der Waals surface area contributed by atoms with Gasteiger partial charge in [-0.15, -0.1) is 6.58 Å². The lowest BCUT2D eigenvalue weighted by molar-refractivity contribution is -0.193. The summed E-state index contributed by atoms with van der Waals surface area (Å²) in [5.74, 6) is -4.34. The van der Waals surface area contributed by atoms with E-state index in [1.165, 1.54) is 5.56 Å². The number of aliphatic carboxylic acids is 2. The molecule has 2 aliphatic heterocycles. The number of esters is 1. The van der Waals surface area contributed by atoms with Gasteiger partial charge in [0.05, 0.1) is 19.1 Å². The molecule has 0 bridgehead atoms. The molecule has 0 amide bonds. The summed E-state index contributed by atoms with van der Waals surface area (Å²) in [5, 5.41) is 14.2. The van der Waals surface area contributed by atoms with Crippen molar-refractivity contribution in [1.82, 2.24) is 9.80 Å². The first kappa shape index (κ1) is 35.7. The molecule has 2 saturated heterocycles. The number of halogens is 6. The van der Waals surface area contributed by atoms with Crippen LogP contribution in [0.4, 0.5) is 26.3 Å². The summed E-state index contributed by atoms with van der Waals surface area (Å²) < 4.78 is 74.3. The second-order valence-corrected chi connectivity index (χ2v) is 9.35. The Hall–Kier alpha value is -3.33. The first-order chi connectivity index (χ1) is 19.0. The summed E-state index contributed by atoms with van der Waals surface area (Å²) >= 11 is 0. The Labute approximate surface area is 233 Å². The minimum absolute atomic E-state index is 0.00661. The molecule has 0 unspecified atom stereocenters. The third-order valence-corrected chi connectivity index (χ3v) is 6.46. The molecule has 0 aliphatic carbocycles. The summed E-state index contributed by atoms with van der Waals surface area (Å²) in [6.45, 7) is 11.6. The molecule has 0 spiro atoms. The SMILES string of the molecule is C=CCN1C[C@@H]2CN(Cc3ccc(OC)cc3)CCC[C@]2(C(=O)OCC)C1.O=C(O)C(F)(F)F.O=C(O)C(F)(F)F. The largest absolute Gasteiger partial charge is 0.497 e. The molecule has 3 rings (SSSR count). The van der Waals surface area contributed by atoms with Crippen molar-refractivity contribution in [1.29, 1.82) is 0 Å². The third kappa shape index (κ3) is 11.2. The maximum Gasteiger partial charge on any atom is 0.490 e. The lowest BCUT2D eigenvalue weighted by atomic mass is 9.75. The Morgan fingerprint density at radius 1 is 1.02 bits per heavy atom. The number of benzene rings is 1. The number of carbonyl (C=O) groups excluding carboxylic acids is 1. The van der Waals surface area contributed by atoms with Crippen molar-refractivity contribution >= 4 is 17.9 Å². The zero-order chi connectivity index (χ0) is 31.4. The van der Waals surface area contributed by atoms with Gasteiger partial charge in [0.15, 0.2) is 0 Å². The number of carboxylic acids is 2. The van der Waals surface area contributed by atoms with Crippen molar-refractivity contribution in [3.8, 4) is 5.75 Å². The van der Waals surface area contributed by atoms with E-state index in [4.69, 9.17) is 29.3 Å². The summed E-state index contributed by atoms with van der Waals surface area (Å²) in [5.41, 5.74) is 0.911. The molecule has 0 radical (unpaired) electrons. The monoisotopic (exact) mass is 600 g/mol. The van der Waals surface area contributed by atoms with Crippen LogP contribution in [-0.4, -0.2) is 96.7 Å².